The molecule has 8 heteroatoms. The highest BCUT2D eigenvalue weighted by atomic mass is 32.2. The summed E-state index contributed by atoms with van der Waals surface area (Å²) < 4.78 is 7.26. The zero-order valence-corrected chi connectivity index (χ0v) is 14.3. The number of carbonyl (C=O) groups is 1. The van der Waals surface area contributed by atoms with Crippen molar-refractivity contribution in [1.29, 1.82) is 0 Å². The lowest BCUT2D eigenvalue weighted by Gasteiger charge is -2.02. The van der Waals surface area contributed by atoms with Gasteiger partial charge < -0.3 is 14.6 Å². The fourth-order valence-electron chi connectivity index (χ4n) is 2.64. The maximum atomic E-state index is 11.8. The number of thioether (sulfide) groups is 1. The maximum absolute atomic E-state index is 11.8. The predicted molar refractivity (Wildman–Crippen MR) is 92.3 cm³/mol. The van der Waals surface area contributed by atoms with Crippen LogP contribution in [-0.4, -0.2) is 44.6 Å². The number of rotatable bonds is 5. The average Bonchev–Trinajstić information content (AvgIpc) is 3.38. The van der Waals surface area contributed by atoms with Crippen LogP contribution in [0.2, 0.25) is 0 Å². The topological polar surface area (TPSA) is 81.9 Å². The lowest BCUT2D eigenvalue weighted by molar-refractivity contribution is -0.118. The number of nitrogens with zero attached hydrogens (tertiary/aromatic N) is 4. The van der Waals surface area contributed by atoms with Crippen molar-refractivity contribution < 1.29 is 9.53 Å². The second kappa shape index (κ2) is 5.94. The molecule has 0 atom stereocenters. The summed E-state index contributed by atoms with van der Waals surface area (Å²) in [7, 11) is 3.58. The maximum Gasteiger partial charge on any atom is 0.230 e. The van der Waals surface area contributed by atoms with Gasteiger partial charge in [0.2, 0.25) is 11.1 Å². The molecule has 7 nitrogen and oxygen atoms in total. The Hall–Kier alpha value is -2.35. The number of carbonyl (C=O) groups excluding carboxylic acids is 1. The van der Waals surface area contributed by atoms with Crippen molar-refractivity contribution in [3.63, 3.8) is 0 Å². The van der Waals surface area contributed by atoms with E-state index in [1.165, 1.54) is 11.8 Å². The van der Waals surface area contributed by atoms with E-state index in [1.54, 1.807) is 7.11 Å². The number of aryl methyl sites for hydroxylation is 1. The number of fused-ring (bicyclic) bond motifs is 3. The van der Waals surface area contributed by atoms with E-state index >= 15 is 0 Å². The second-order valence-electron chi connectivity index (χ2n) is 5.84. The molecule has 1 fully saturated rings. The Morgan fingerprint density at radius 2 is 2.25 bits per heavy atom. The van der Waals surface area contributed by atoms with E-state index in [1.807, 2.05) is 29.8 Å². The molecule has 0 spiro atoms. The number of hydrogen-bond acceptors (Lipinski definition) is 6. The molecule has 4 rings (SSSR count). The third-order valence-electron chi connectivity index (χ3n) is 4.06. The van der Waals surface area contributed by atoms with Crippen LogP contribution in [0.3, 0.4) is 0 Å². The van der Waals surface area contributed by atoms with E-state index in [9.17, 15) is 4.79 Å². The largest absolute Gasteiger partial charge is 0.497 e. The Morgan fingerprint density at radius 3 is 3.00 bits per heavy atom. The first-order valence-electron chi connectivity index (χ1n) is 7.74. The molecular weight excluding hydrogens is 326 g/mol. The van der Waals surface area contributed by atoms with Gasteiger partial charge in [-0.15, -0.1) is 10.2 Å². The first-order chi connectivity index (χ1) is 11.7. The Kier molecular flexibility index (Phi) is 3.76. The van der Waals surface area contributed by atoms with Gasteiger partial charge in [0.1, 0.15) is 11.3 Å². The molecule has 1 aromatic carbocycles. The summed E-state index contributed by atoms with van der Waals surface area (Å²) in [6, 6.07) is 6.19. The van der Waals surface area contributed by atoms with Crippen molar-refractivity contribution in [3.05, 3.63) is 18.2 Å². The molecule has 0 unspecified atom stereocenters. The smallest absolute Gasteiger partial charge is 0.230 e. The molecule has 24 heavy (non-hydrogen) atoms. The minimum Gasteiger partial charge on any atom is -0.497 e. The van der Waals surface area contributed by atoms with Gasteiger partial charge in [0.15, 0.2) is 5.65 Å². The number of ether oxygens (including phenoxy) is 1. The zero-order chi connectivity index (χ0) is 16.7. The lowest BCUT2D eigenvalue weighted by Crippen LogP contribution is -2.27. The van der Waals surface area contributed by atoms with Crippen LogP contribution in [0.1, 0.15) is 12.8 Å². The normalized spacial score (nSPS) is 14.2. The molecule has 1 N–H and O–H groups in total. The molecule has 124 valence electrons. The highest BCUT2D eigenvalue weighted by molar-refractivity contribution is 7.99. The number of amides is 1. The summed E-state index contributed by atoms with van der Waals surface area (Å²) in [5, 5.41) is 12.9. The quantitative estimate of drug-likeness (QED) is 0.713. The number of benzene rings is 1. The van der Waals surface area contributed by atoms with Gasteiger partial charge in [-0.1, -0.05) is 11.8 Å². The minimum absolute atomic E-state index is 0.0213. The van der Waals surface area contributed by atoms with Gasteiger partial charge in [0.05, 0.1) is 18.4 Å². The fraction of sp³-hybridized carbons (Fsp3) is 0.375. The Labute approximate surface area is 142 Å². The third-order valence-corrected chi connectivity index (χ3v) is 4.90. The van der Waals surface area contributed by atoms with Gasteiger partial charge in [-0.2, -0.15) is 0 Å². The molecule has 1 aliphatic carbocycles. The van der Waals surface area contributed by atoms with Crippen molar-refractivity contribution in [2.75, 3.05) is 12.9 Å². The van der Waals surface area contributed by atoms with Crippen LogP contribution >= 0.6 is 11.8 Å². The van der Waals surface area contributed by atoms with E-state index in [4.69, 9.17) is 4.74 Å². The number of methoxy groups -OCH3 is 1. The third kappa shape index (κ3) is 2.77. The van der Waals surface area contributed by atoms with Crippen LogP contribution in [0.4, 0.5) is 0 Å². The first kappa shape index (κ1) is 15.2. The van der Waals surface area contributed by atoms with Gasteiger partial charge in [-0.3, -0.25) is 4.79 Å². The van der Waals surface area contributed by atoms with Crippen LogP contribution in [0, 0.1) is 0 Å². The van der Waals surface area contributed by atoms with Crippen LogP contribution < -0.4 is 10.1 Å². The van der Waals surface area contributed by atoms with E-state index < -0.39 is 0 Å². The average molecular weight is 343 g/mol. The summed E-state index contributed by atoms with van der Waals surface area (Å²) in [4.78, 5) is 16.3. The highest BCUT2D eigenvalue weighted by Gasteiger charge is 2.23. The predicted octanol–water partition coefficient (Wildman–Crippen LogP) is 1.90. The van der Waals surface area contributed by atoms with E-state index in [2.05, 4.69) is 20.5 Å². The molecule has 0 saturated heterocycles. The van der Waals surface area contributed by atoms with Crippen LogP contribution in [0.5, 0.6) is 5.75 Å². The second-order valence-corrected chi connectivity index (χ2v) is 6.78. The Bertz CT molecular complexity index is 935. The summed E-state index contributed by atoms with van der Waals surface area (Å²) >= 11 is 1.30. The van der Waals surface area contributed by atoms with Crippen molar-refractivity contribution in [1.82, 2.24) is 25.1 Å². The van der Waals surface area contributed by atoms with Crippen molar-refractivity contribution in [2.45, 2.75) is 24.0 Å². The molecule has 0 radical (unpaired) electrons. The van der Waals surface area contributed by atoms with Gasteiger partial charge in [-0.05, 0) is 31.0 Å². The molecule has 1 aliphatic rings. The lowest BCUT2D eigenvalue weighted by atomic mass is 10.2. The van der Waals surface area contributed by atoms with Gasteiger partial charge in [-0.25, -0.2) is 4.98 Å². The van der Waals surface area contributed by atoms with E-state index in [0.29, 0.717) is 17.0 Å². The molecule has 1 amide bonds. The van der Waals surface area contributed by atoms with E-state index in [0.717, 1.165) is 40.7 Å². The van der Waals surface area contributed by atoms with Crippen molar-refractivity contribution in [3.8, 4) is 5.75 Å². The molecule has 0 bridgehead atoms. The van der Waals surface area contributed by atoms with Crippen LogP contribution in [0.25, 0.3) is 22.1 Å². The van der Waals surface area contributed by atoms with Gasteiger partial charge in [0, 0.05) is 18.5 Å². The number of hydrogen-bond donors (Lipinski definition) is 1. The number of aromatic nitrogens is 4. The fourth-order valence-corrected chi connectivity index (χ4v) is 3.23. The Balaban J connectivity index is 1.63. The van der Waals surface area contributed by atoms with Crippen LogP contribution in [-0.2, 0) is 11.8 Å². The van der Waals surface area contributed by atoms with Crippen LogP contribution in [0.15, 0.2) is 23.4 Å². The van der Waals surface area contributed by atoms with Gasteiger partial charge in [0.25, 0.3) is 0 Å². The molecule has 0 aliphatic heterocycles. The monoisotopic (exact) mass is 343 g/mol. The van der Waals surface area contributed by atoms with Crippen molar-refractivity contribution >= 4 is 39.7 Å². The molecule has 1 saturated carbocycles. The summed E-state index contributed by atoms with van der Waals surface area (Å²) in [5.41, 5.74) is 2.50. The SMILES string of the molecule is COc1ccc2c(c1)c1nnc(SCC(=O)NC3CC3)nc1n2C. The summed E-state index contributed by atoms with van der Waals surface area (Å²) in [5.74, 6) is 1.10. The Morgan fingerprint density at radius 1 is 1.42 bits per heavy atom. The molecule has 2 heterocycles. The standard InChI is InChI=1S/C16H17N5O2S/c1-21-12-6-5-10(23-2)7-11(12)14-15(21)18-16(20-19-14)24-8-13(22)17-9-3-4-9/h5-7,9H,3-4,8H2,1-2H3,(H,17,22). The van der Waals surface area contributed by atoms with E-state index in [-0.39, 0.29) is 5.91 Å². The molecular formula is C16H17N5O2S. The minimum atomic E-state index is 0.0213. The summed E-state index contributed by atoms with van der Waals surface area (Å²) in [6.07, 6.45) is 2.17. The highest BCUT2D eigenvalue weighted by Crippen LogP contribution is 2.29. The summed E-state index contributed by atoms with van der Waals surface area (Å²) in [6.45, 7) is 0. The first-order valence-corrected chi connectivity index (χ1v) is 8.73. The number of nitrogens with one attached hydrogen (secondary N) is 1. The van der Waals surface area contributed by atoms with Gasteiger partial charge >= 0.3 is 0 Å². The molecule has 3 aromatic rings. The molecule has 2 aromatic heterocycles. The zero-order valence-electron chi connectivity index (χ0n) is 13.4. The van der Waals surface area contributed by atoms with Crippen molar-refractivity contribution in [2.24, 2.45) is 7.05 Å².